The summed E-state index contributed by atoms with van der Waals surface area (Å²) in [6.45, 7) is 0. The van der Waals surface area contributed by atoms with E-state index in [1.165, 1.54) is 17.5 Å². The van der Waals surface area contributed by atoms with Crippen molar-refractivity contribution in [2.24, 2.45) is 5.92 Å². The Kier molecular flexibility index (Phi) is 6.65. The average Bonchev–Trinajstić information content (AvgIpc) is 3.38. The molecule has 168 valence electrons. The zero-order valence-corrected chi connectivity index (χ0v) is 17.6. The van der Waals surface area contributed by atoms with E-state index < -0.39 is 42.7 Å². The molecule has 1 unspecified atom stereocenters. The number of hydrogen-bond donors (Lipinski definition) is 1. The lowest BCUT2D eigenvalue weighted by Crippen LogP contribution is -2.25. The molecule has 1 saturated carbocycles. The summed E-state index contributed by atoms with van der Waals surface area (Å²) < 4.78 is 62.4. The summed E-state index contributed by atoms with van der Waals surface area (Å²) in [5.74, 6) is -1.25. The maximum absolute atomic E-state index is 13.0. The van der Waals surface area contributed by atoms with Crippen LogP contribution in [-0.4, -0.2) is 29.7 Å². The highest BCUT2D eigenvalue weighted by atomic mass is 32.2. The molecule has 1 atom stereocenters. The molecule has 0 bridgehead atoms. The molecule has 1 aromatic carbocycles. The quantitative estimate of drug-likeness (QED) is 0.458. The third-order valence-electron chi connectivity index (χ3n) is 5.20. The van der Waals surface area contributed by atoms with Crippen LogP contribution >= 0.6 is 11.3 Å². The molecule has 1 aliphatic rings. The van der Waals surface area contributed by atoms with E-state index in [-0.39, 0.29) is 11.5 Å². The molecular weight excluding hydrogens is 459 g/mol. The van der Waals surface area contributed by atoms with Crippen LogP contribution in [0.3, 0.4) is 0 Å². The molecule has 13 heteroatoms. The van der Waals surface area contributed by atoms with Crippen LogP contribution in [-0.2, 0) is 14.6 Å². The normalized spacial score (nSPS) is 16.2. The number of benzene rings is 1. The van der Waals surface area contributed by atoms with Gasteiger partial charge in [0.2, 0.25) is 5.91 Å². The van der Waals surface area contributed by atoms with Gasteiger partial charge in [0.1, 0.15) is 0 Å². The van der Waals surface area contributed by atoms with Crippen molar-refractivity contribution in [2.75, 3.05) is 5.32 Å². The first kappa shape index (κ1) is 23.1. The van der Waals surface area contributed by atoms with Crippen LogP contribution in [0.4, 0.5) is 24.0 Å². The molecule has 0 aliphatic heterocycles. The molecule has 1 N–H and O–H groups in total. The SMILES string of the molecule is O=C(Nc1nccs1)C(CC1CCCC1)c1ccc(S(=O)(=O)C(F)(F)F)c([N+](=O)[O-])c1. The van der Waals surface area contributed by atoms with Gasteiger partial charge in [0.25, 0.3) is 15.5 Å². The van der Waals surface area contributed by atoms with E-state index in [9.17, 15) is 36.5 Å². The fourth-order valence-corrected chi connectivity index (χ4v) is 5.13. The second kappa shape index (κ2) is 8.91. The number of amides is 1. The number of nitro groups is 1. The van der Waals surface area contributed by atoms with Gasteiger partial charge in [-0.2, -0.15) is 13.2 Å². The van der Waals surface area contributed by atoms with Crippen LogP contribution < -0.4 is 5.32 Å². The van der Waals surface area contributed by atoms with Crippen LogP contribution in [0.5, 0.6) is 0 Å². The van der Waals surface area contributed by atoms with E-state index in [0.29, 0.717) is 17.6 Å². The fraction of sp³-hybridized carbons (Fsp3) is 0.444. The Bertz CT molecular complexity index is 1070. The molecule has 1 fully saturated rings. The minimum Gasteiger partial charge on any atom is -0.301 e. The molecule has 0 saturated heterocycles. The smallest absolute Gasteiger partial charge is 0.301 e. The summed E-state index contributed by atoms with van der Waals surface area (Å²) in [4.78, 5) is 25.6. The zero-order valence-electron chi connectivity index (χ0n) is 16.0. The van der Waals surface area contributed by atoms with Crippen molar-refractivity contribution >= 4 is 37.9 Å². The van der Waals surface area contributed by atoms with Gasteiger partial charge in [-0.05, 0) is 24.0 Å². The summed E-state index contributed by atoms with van der Waals surface area (Å²) in [6, 6.07) is 2.33. The Hall–Kier alpha value is -2.54. The average molecular weight is 477 g/mol. The van der Waals surface area contributed by atoms with Gasteiger partial charge in [-0.15, -0.1) is 11.3 Å². The number of anilines is 1. The van der Waals surface area contributed by atoms with Crippen LogP contribution in [0.25, 0.3) is 0 Å². The minimum absolute atomic E-state index is 0.0776. The van der Waals surface area contributed by atoms with E-state index in [1.807, 2.05) is 0 Å². The summed E-state index contributed by atoms with van der Waals surface area (Å²) >= 11 is 1.17. The first-order valence-corrected chi connectivity index (χ1v) is 11.7. The van der Waals surface area contributed by atoms with Gasteiger partial charge < -0.3 is 5.32 Å². The number of rotatable bonds is 7. The molecule has 2 aromatic rings. The van der Waals surface area contributed by atoms with Crippen LogP contribution in [0.15, 0.2) is 34.7 Å². The monoisotopic (exact) mass is 477 g/mol. The number of thiazole rings is 1. The number of nitrogens with zero attached hydrogens (tertiary/aromatic N) is 2. The maximum Gasteiger partial charge on any atom is 0.502 e. The Morgan fingerprint density at radius 3 is 2.55 bits per heavy atom. The van der Waals surface area contributed by atoms with Crippen LogP contribution in [0, 0.1) is 16.0 Å². The van der Waals surface area contributed by atoms with Gasteiger partial charge in [-0.3, -0.25) is 14.9 Å². The third-order valence-corrected chi connectivity index (χ3v) is 7.42. The molecule has 1 amide bonds. The number of carbonyl (C=O) groups excluding carboxylic acids is 1. The molecule has 1 heterocycles. The zero-order chi connectivity index (χ0) is 22.8. The molecular formula is C18H18F3N3O5S2. The highest BCUT2D eigenvalue weighted by Crippen LogP contribution is 2.39. The highest BCUT2D eigenvalue weighted by molar-refractivity contribution is 7.92. The Morgan fingerprint density at radius 2 is 2.00 bits per heavy atom. The number of aromatic nitrogens is 1. The van der Waals surface area contributed by atoms with Gasteiger partial charge >= 0.3 is 5.51 Å². The summed E-state index contributed by atoms with van der Waals surface area (Å²) in [5, 5.41) is 16.0. The van der Waals surface area contributed by atoms with Crippen molar-refractivity contribution in [2.45, 2.75) is 48.4 Å². The number of carbonyl (C=O) groups is 1. The molecule has 1 aliphatic carbocycles. The van der Waals surface area contributed by atoms with E-state index in [0.717, 1.165) is 37.8 Å². The molecule has 8 nitrogen and oxygen atoms in total. The van der Waals surface area contributed by atoms with Crippen molar-refractivity contribution in [3.05, 3.63) is 45.5 Å². The number of hydrogen-bond acceptors (Lipinski definition) is 7. The predicted molar refractivity (Wildman–Crippen MR) is 106 cm³/mol. The second-order valence-corrected chi connectivity index (χ2v) is 10.0. The van der Waals surface area contributed by atoms with Crippen molar-refractivity contribution in [1.29, 1.82) is 0 Å². The first-order chi connectivity index (χ1) is 14.5. The van der Waals surface area contributed by atoms with Crippen molar-refractivity contribution < 1.29 is 31.3 Å². The Labute approximate surface area is 179 Å². The second-order valence-electron chi connectivity index (χ2n) is 7.20. The van der Waals surface area contributed by atoms with Gasteiger partial charge in [-0.1, -0.05) is 31.7 Å². The lowest BCUT2D eigenvalue weighted by molar-refractivity contribution is -0.388. The Morgan fingerprint density at radius 1 is 1.32 bits per heavy atom. The largest absolute Gasteiger partial charge is 0.502 e. The maximum atomic E-state index is 13.0. The van der Waals surface area contributed by atoms with Crippen molar-refractivity contribution in [1.82, 2.24) is 4.98 Å². The fourth-order valence-electron chi connectivity index (χ4n) is 3.70. The number of halogens is 3. The first-order valence-electron chi connectivity index (χ1n) is 9.30. The number of alkyl halides is 3. The molecule has 1 aromatic heterocycles. The molecule has 31 heavy (non-hydrogen) atoms. The summed E-state index contributed by atoms with van der Waals surface area (Å²) in [7, 11) is -5.93. The third kappa shape index (κ3) is 5.03. The van der Waals surface area contributed by atoms with E-state index in [4.69, 9.17) is 0 Å². The summed E-state index contributed by atoms with van der Waals surface area (Å²) in [5.41, 5.74) is -6.83. The lowest BCUT2D eigenvalue weighted by atomic mass is 9.87. The molecule has 0 radical (unpaired) electrons. The minimum atomic E-state index is -5.93. The van der Waals surface area contributed by atoms with Crippen LogP contribution in [0.1, 0.15) is 43.6 Å². The van der Waals surface area contributed by atoms with Crippen molar-refractivity contribution in [3.63, 3.8) is 0 Å². The standard InChI is InChI=1S/C18H18F3N3O5S2/c19-18(20,21)31(28,29)15-6-5-12(10-14(15)24(26)27)13(9-11-3-1-2-4-11)16(25)23-17-22-7-8-30-17/h5-8,10-11,13H,1-4,9H2,(H,22,23,25). The molecule has 3 rings (SSSR count). The topological polar surface area (TPSA) is 119 Å². The van der Waals surface area contributed by atoms with E-state index >= 15 is 0 Å². The number of nitro benzene ring substituents is 1. The van der Waals surface area contributed by atoms with Crippen molar-refractivity contribution in [3.8, 4) is 0 Å². The van der Waals surface area contributed by atoms with Crippen LogP contribution in [0.2, 0.25) is 0 Å². The number of sulfone groups is 1. The Balaban J connectivity index is 2.02. The van der Waals surface area contributed by atoms with Gasteiger partial charge in [0, 0.05) is 17.6 Å². The van der Waals surface area contributed by atoms with Gasteiger partial charge in [0.15, 0.2) is 10.0 Å². The van der Waals surface area contributed by atoms with Gasteiger partial charge in [0.05, 0.1) is 10.8 Å². The van der Waals surface area contributed by atoms with Gasteiger partial charge in [-0.25, -0.2) is 13.4 Å². The highest BCUT2D eigenvalue weighted by Gasteiger charge is 2.50. The number of nitrogens with one attached hydrogen (secondary N) is 1. The van der Waals surface area contributed by atoms with E-state index in [1.54, 1.807) is 5.38 Å². The lowest BCUT2D eigenvalue weighted by Gasteiger charge is -2.20. The van der Waals surface area contributed by atoms with E-state index in [2.05, 4.69) is 10.3 Å². The molecule has 0 spiro atoms. The summed E-state index contributed by atoms with van der Waals surface area (Å²) in [6.07, 6.45) is 5.50. The predicted octanol–water partition coefficient (Wildman–Crippen LogP) is 4.65.